The van der Waals surface area contributed by atoms with E-state index in [1.54, 1.807) is 11.3 Å². The van der Waals surface area contributed by atoms with Crippen molar-refractivity contribution in [3.63, 3.8) is 0 Å². The molecule has 24 heavy (non-hydrogen) atoms. The Morgan fingerprint density at radius 3 is 3.08 bits per heavy atom. The van der Waals surface area contributed by atoms with E-state index in [1.165, 1.54) is 5.56 Å². The number of nitrogens with zero attached hydrogens (tertiary/aromatic N) is 3. The normalized spacial score (nSPS) is 28.4. The first-order valence-electron chi connectivity index (χ1n) is 8.45. The van der Waals surface area contributed by atoms with Crippen LogP contribution in [0.15, 0.2) is 12.1 Å². The number of carbonyl (C=O) groups is 1. The molecule has 126 valence electrons. The van der Waals surface area contributed by atoms with Gasteiger partial charge in [0.25, 0.3) is 0 Å². The minimum atomic E-state index is -0.0106. The number of rotatable bonds is 2. The lowest BCUT2D eigenvalue weighted by atomic mass is 10.1. The van der Waals surface area contributed by atoms with Gasteiger partial charge in [-0.05, 0) is 39.1 Å². The van der Waals surface area contributed by atoms with Gasteiger partial charge in [-0.25, -0.2) is 9.78 Å². The molecule has 3 atom stereocenters. The molecule has 1 saturated heterocycles. The van der Waals surface area contributed by atoms with Gasteiger partial charge in [-0.2, -0.15) is 0 Å². The zero-order chi connectivity index (χ0) is 16.4. The lowest BCUT2D eigenvalue weighted by Gasteiger charge is -2.24. The summed E-state index contributed by atoms with van der Waals surface area (Å²) in [5, 5.41) is 3.99. The summed E-state index contributed by atoms with van der Waals surface area (Å²) in [5.41, 5.74) is 2.19. The fourth-order valence-corrected chi connectivity index (χ4v) is 5.42. The number of hydrogen-bond donors (Lipinski definition) is 1. The number of aromatic nitrogens is 1. The van der Waals surface area contributed by atoms with Crippen LogP contribution in [0.1, 0.15) is 18.4 Å². The monoisotopic (exact) mass is 344 g/mol. The maximum atomic E-state index is 12.6. The number of thiazole rings is 1. The van der Waals surface area contributed by atoms with E-state index in [0.29, 0.717) is 6.04 Å². The average Bonchev–Trinajstić information content (AvgIpc) is 3.26. The Morgan fingerprint density at radius 2 is 2.25 bits per heavy atom. The third kappa shape index (κ3) is 1.91. The molecule has 1 saturated carbocycles. The average molecular weight is 344 g/mol. The molecule has 1 N–H and O–H groups in total. The standard InChI is InChI=1S/C17H20N4O2S/c1-20(2)10-3-4-11-15(10)18-16(22)21(11)17-19-14-9-7-8-23-12(9)5-6-13(14)24-17/h5-6,10-11,15H,3-4,7-8H2,1-2H3,(H,18,22)/t10-,11+,15-/m0/s1. The van der Waals surface area contributed by atoms with Crippen LogP contribution in [0.25, 0.3) is 10.2 Å². The van der Waals surface area contributed by atoms with E-state index in [0.717, 1.165) is 47.0 Å². The predicted molar refractivity (Wildman–Crippen MR) is 94.1 cm³/mol. The van der Waals surface area contributed by atoms with E-state index < -0.39 is 0 Å². The molecule has 2 aromatic rings. The van der Waals surface area contributed by atoms with Crippen LogP contribution < -0.4 is 15.0 Å². The Labute approximate surface area is 144 Å². The van der Waals surface area contributed by atoms with Gasteiger partial charge in [0.1, 0.15) is 5.75 Å². The molecular weight excluding hydrogens is 324 g/mol. The Morgan fingerprint density at radius 1 is 1.38 bits per heavy atom. The van der Waals surface area contributed by atoms with Crippen molar-refractivity contribution in [2.45, 2.75) is 37.4 Å². The Bertz CT molecular complexity index is 833. The van der Waals surface area contributed by atoms with Crippen LogP contribution in [0, 0.1) is 0 Å². The molecule has 2 amide bonds. The third-order valence-electron chi connectivity index (χ3n) is 5.52. The second kappa shape index (κ2) is 5.07. The molecule has 2 aliphatic heterocycles. The van der Waals surface area contributed by atoms with Gasteiger partial charge in [-0.1, -0.05) is 11.3 Å². The zero-order valence-corrected chi connectivity index (χ0v) is 14.6. The first-order chi connectivity index (χ1) is 11.6. The van der Waals surface area contributed by atoms with Crippen molar-refractivity contribution in [2.75, 3.05) is 25.6 Å². The molecular formula is C17H20N4O2S. The van der Waals surface area contributed by atoms with Crippen LogP contribution in [-0.4, -0.2) is 54.7 Å². The number of hydrogen-bond acceptors (Lipinski definition) is 5. The molecule has 2 fully saturated rings. The number of carbonyl (C=O) groups excluding carboxylic acids is 1. The van der Waals surface area contributed by atoms with Gasteiger partial charge in [-0.15, -0.1) is 0 Å². The van der Waals surface area contributed by atoms with Crippen molar-refractivity contribution < 1.29 is 9.53 Å². The van der Waals surface area contributed by atoms with Crippen molar-refractivity contribution in [2.24, 2.45) is 0 Å². The number of likely N-dealkylation sites (N-methyl/N-ethyl adjacent to an activating group) is 1. The zero-order valence-electron chi connectivity index (χ0n) is 13.8. The van der Waals surface area contributed by atoms with Crippen molar-refractivity contribution in [1.82, 2.24) is 15.2 Å². The molecule has 3 heterocycles. The fraction of sp³-hybridized carbons (Fsp3) is 0.529. The van der Waals surface area contributed by atoms with Crippen molar-refractivity contribution >= 4 is 32.7 Å². The molecule has 0 unspecified atom stereocenters. The number of ether oxygens (including phenoxy) is 1. The summed E-state index contributed by atoms with van der Waals surface area (Å²) in [6.45, 7) is 0.723. The van der Waals surface area contributed by atoms with E-state index in [1.807, 2.05) is 11.0 Å². The van der Waals surface area contributed by atoms with Crippen LogP contribution in [0.5, 0.6) is 5.75 Å². The van der Waals surface area contributed by atoms with Crippen molar-refractivity contribution in [3.05, 3.63) is 17.7 Å². The van der Waals surface area contributed by atoms with E-state index in [-0.39, 0.29) is 18.1 Å². The third-order valence-corrected chi connectivity index (χ3v) is 6.54. The molecule has 0 spiro atoms. The molecule has 5 rings (SSSR count). The summed E-state index contributed by atoms with van der Waals surface area (Å²) in [6, 6.07) is 4.86. The number of nitrogens with one attached hydrogen (secondary N) is 1. The second-order valence-electron chi connectivity index (χ2n) is 7.00. The topological polar surface area (TPSA) is 57.7 Å². The van der Waals surface area contributed by atoms with Gasteiger partial charge < -0.3 is 15.0 Å². The Hall–Kier alpha value is -1.86. The smallest absolute Gasteiger partial charge is 0.324 e. The number of amides is 2. The minimum Gasteiger partial charge on any atom is -0.493 e. The van der Waals surface area contributed by atoms with Crippen LogP contribution in [0.2, 0.25) is 0 Å². The number of urea groups is 1. The molecule has 6 nitrogen and oxygen atoms in total. The van der Waals surface area contributed by atoms with Crippen LogP contribution >= 0.6 is 11.3 Å². The number of benzene rings is 1. The van der Waals surface area contributed by atoms with E-state index in [4.69, 9.17) is 9.72 Å². The quantitative estimate of drug-likeness (QED) is 0.908. The molecule has 0 radical (unpaired) electrons. The Kier molecular flexibility index (Phi) is 3.06. The summed E-state index contributed by atoms with van der Waals surface area (Å²) in [7, 11) is 4.17. The first kappa shape index (κ1) is 14.5. The van der Waals surface area contributed by atoms with Crippen LogP contribution in [0.3, 0.4) is 0 Å². The summed E-state index contributed by atoms with van der Waals surface area (Å²) >= 11 is 1.61. The van der Waals surface area contributed by atoms with Gasteiger partial charge in [0.05, 0.1) is 28.9 Å². The van der Waals surface area contributed by atoms with Crippen molar-refractivity contribution in [3.8, 4) is 5.75 Å². The van der Waals surface area contributed by atoms with Crippen LogP contribution in [0.4, 0.5) is 9.93 Å². The molecule has 3 aliphatic rings. The molecule has 1 aromatic heterocycles. The highest BCUT2D eigenvalue weighted by Crippen LogP contribution is 2.41. The molecule has 1 aliphatic carbocycles. The number of anilines is 1. The lowest BCUT2D eigenvalue weighted by molar-refractivity contribution is 0.238. The molecule has 0 bridgehead atoms. The van der Waals surface area contributed by atoms with Gasteiger partial charge in [-0.3, -0.25) is 4.90 Å². The van der Waals surface area contributed by atoms with E-state index in [9.17, 15) is 4.79 Å². The first-order valence-corrected chi connectivity index (χ1v) is 9.26. The Balaban J connectivity index is 1.55. The maximum Gasteiger partial charge on any atom is 0.324 e. The van der Waals surface area contributed by atoms with Gasteiger partial charge in [0, 0.05) is 18.0 Å². The SMILES string of the molecule is CN(C)[C@H]1CC[C@@H]2[C@H]1NC(=O)N2c1nc2c3c(ccc2s1)OCC3. The number of fused-ring (bicyclic) bond motifs is 4. The predicted octanol–water partition coefficient (Wildman–Crippen LogP) is 2.22. The van der Waals surface area contributed by atoms with E-state index >= 15 is 0 Å². The highest BCUT2D eigenvalue weighted by molar-refractivity contribution is 7.22. The lowest BCUT2D eigenvalue weighted by Crippen LogP contribution is -2.44. The van der Waals surface area contributed by atoms with Crippen LogP contribution in [-0.2, 0) is 6.42 Å². The summed E-state index contributed by atoms with van der Waals surface area (Å²) < 4.78 is 6.77. The minimum absolute atomic E-state index is 0.0106. The summed E-state index contributed by atoms with van der Waals surface area (Å²) in [4.78, 5) is 21.6. The highest BCUT2D eigenvalue weighted by atomic mass is 32.1. The highest BCUT2D eigenvalue weighted by Gasteiger charge is 2.49. The second-order valence-corrected chi connectivity index (χ2v) is 8.01. The summed E-state index contributed by atoms with van der Waals surface area (Å²) in [6.07, 6.45) is 3.02. The molecule has 7 heteroatoms. The van der Waals surface area contributed by atoms with Gasteiger partial charge in [0.15, 0.2) is 5.13 Å². The fourth-order valence-electron chi connectivity index (χ4n) is 4.37. The van der Waals surface area contributed by atoms with Gasteiger partial charge in [0.2, 0.25) is 0 Å². The maximum absolute atomic E-state index is 12.6. The van der Waals surface area contributed by atoms with Gasteiger partial charge >= 0.3 is 6.03 Å². The largest absolute Gasteiger partial charge is 0.493 e. The van der Waals surface area contributed by atoms with Crippen molar-refractivity contribution in [1.29, 1.82) is 0 Å². The van der Waals surface area contributed by atoms with E-state index in [2.05, 4.69) is 30.4 Å². The molecule has 1 aromatic carbocycles. The summed E-state index contributed by atoms with van der Waals surface area (Å²) in [5.74, 6) is 0.941.